The van der Waals surface area contributed by atoms with Gasteiger partial charge in [0.1, 0.15) is 11.5 Å². The average Bonchev–Trinajstić information content (AvgIpc) is 2.86. The molecule has 9 heteroatoms. The van der Waals surface area contributed by atoms with Gasteiger partial charge in [-0.15, -0.1) is 6.42 Å². The van der Waals surface area contributed by atoms with Crippen LogP contribution in [0.3, 0.4) is 0 Å². The van der Waals surface area contributed by atoms with E-state index in [4.69, 9.17) is 16.9 Å². The molecule has 0 aliphatic carbocycles. The van der Waals surface area contributed by atoms with Gasteiger partial charge in [-0.1, -0.05) is 23.7 Å². The molecule has 0 bridgehead atoms. The molecule has 0 fully saturated rings. The van der Waals surface area contributed by atoms with Crippen LogP contribution in [0.5, 0.6) is 5.88 Å². The Kier molecular flexibility index (Phi) is 7.76. The third-order valence-corrected chi connectivity index (χ3v) is 5.30. The summed E-state index contributed by atoms with van der Waals surface area (Å²) in [5.74, 6) is 2.02. The van der Waals surface area contributed by atoms with Crippen LogP contribution in [0.1, 0.15) is 22.7 Å². The Balaban J connectivity index is 1.79. The Morgan fingerprint density at radius 3 is 3.03 bits per heavy atom. The molecule has 0 spiro atoms. The lowest BCUT2D eigenvalue weighted by Gasteiger charge is -2.18. The lowest BCUT2D eigenvalue weighted by atomic mass is 9.97. The predicted octanol–water partition coefficient (Wildman–Crippen LogP) is 2.83. The van der Waals surface area contributed by atoms with Crippen molar-refractivity contribution in [2.75, 3.05) is 32.0 Å². The second kappa shape index (κ2) is 10.7. The van der Waals surface area contributed by atoms with Gasteiger partial charge in [-0.2, -0.15) is 0 Å². The predicted molar refractivity (Wildman–Crippen MR) is 116 cm³/mol. The standard InChI is InChI=1S/C21H21F2N5OS/c1-2-7-29-20-12-27-19(11-28-20)18(23)9-14-3-4-17(22)16(8-14)15-10-25-5-6-26-21(24)30-13-15/h1,3-4,8-9,11-12,15,25H,5-7,10,13H2,(H2,24,26)/b18-9-/t15-/m0/s1. The smallest absolute Gasteiger partial charge is 0.233 e. The van der Waals surface area contributed by atoms with Gasteiger partial charge < -0.3 is 15.8 Å². The number of nitrogens with zero attached hydrogens (tertiary/aromatic N) is 3. The first-order chi connectivity index (χ1) is 14.6. The number of aliphatic imine (C=N–C) groups is 1. The number of hydrogen-bond acceptors (Lipinski definition) is 7. The number of terminal acetylenes is 1. The molecule has 2 heterocycles. The Hall–Kier alpha value is -2.96. The molecule has 3 N–H and O–H groups in total. The van der Waals surface area contributed by atoms with Crippen LogP contribution in [-0.4, -0.2) is 47.1 Å². The molecule has 0 unspecified atom stereocenters. The average molecular weight is 429 g/mol. The Labute approximate surface area is 178 Å². The van der Waals surface area contributed by atoms with Gasteiger partial charge in [0.15, 0.2) is 17.6 Å². The number of benzene rings is 1. The molecule has 1 atom stereocenters. The largest absolute Gasteiger partial charge is 0.463 e. The molecule has 30 heavy (non-hydrogen) atoms. The molecule has 1 aromatic heterocycles. The van der Waals surface area contributed by atoms with E-state index < -0.39 is 5.83 Å². The number of ether oxygens (including phenoxy) is 1. The number of nitrogens with two attached hydrogens (primary N) is 1. The zero-order chi connectivity index (χ0) is 21.3. The maximum absolute atomic E-state index is 14.6. The summed E-state index contributed by atoms with van der Waals surface area (Å²) in [4.78, 5) is 12.2. The summed E-state index contributed by atoms with van der Waals surface area (Å²) in [5.41, 5.74) is 6.90. The van der Waals surface area contributed by atoms with Crippen molar-refractivity contribution in [2.24, 2.45) is 10.7 Å². The van der Waals surface area contributed by atoms with E-state index in [1.807, 2.05) is 0 Å². The van der Waals surface area contributed by atoms with Crippen LogP contribution in [0.15, 0.2) is 35.6 Å². The molecule has 1 aromatic carbocycles. The first-order valence-electron chi connectivity index (χ1n) is 9.25. The summed E-state index contributed by atoms with van der Waals surface area (Å²) in [6.45, 7) is 1.87. The minimum Gasteiger partial charge on any atom is -0.463 e. The maximum atomic E-state index is 14.6. The third kappa shape index (κ3) is 6.02. The normalized spacial score (nSPS) is 19.6. The summed E-state index contributed by atoms with van der Waals surface area (Å²) < 4.78 is 34.3. The van der Waals surface area contributed by atoms with Crippen molar-refractivity contribution in [1.29, 1.82) is 0 Å². The molecule has 0 radical (unpaired) electrons. The first-order valence-corrected chi connectivity index (χ1v) is 10.2. The van der Waals surface area contributed by atoms with E-state index in [1.165, 1.54) is 42.4 Å². The quantitative estimate of drug-likeness (QED) is 0.711. The molecular weight excluding hydrogens is 408 g/mol. The van der Waals surface area contributed by atoms with Crippen molar-refractivity contribution >= 4 is 28.8 Å². The Bertz CT molecular complexity index is 972. The summed E-state index contributed by atoms with van der Waals surface area (Å²) >= 11 is 1.39. The molecule has 2 aromatic rings. The molecule has 0 saturated heterocycles. The fraction of sp³-hybridized carbons (Fsp3) is 0.286. The SMILES string of the molecule is C#CCOc1cnc(/C(F)=C/c2ccc(F)c([C@H]3CNCC/N=C(/N)SC3)c2)cn1. The maximum Gasteiger partial charge on any atom is 0.233 e. The van der Waals surface area contributed by atoms with Crippen LogP contribution in [0.2, 0.25) is 0 Å². The highest BCUT2D eigenvalue weighted by atomic mass is 32.2. The first kappa shape index (κ1) is 21.7. The number of halogens is 2. The van der Waals surface area contributed by atoms with Crippen LogP contribution in [-0.2, 0) is 0 Å². The topological polar surface area (TPSA) is 85.4 Å². The molecule has 0 saturated carbocycles. The van der Waals surface area contributed by atoms with Gasteiger partial charge in [0, 0.05) is 24.8 Å². The van der Waals surface area contributed by atoms with Gasteiger partial charge in [-0.25, -0.2) is 18.7 Å². The fourth-order valence-electron chi connectivity index (χ4n) is 2.83. The van der Waals surface area contributed by atoms with E-state index >= 15 is 0 Å². The highest BCUT2D eigenvalue weighted by Crippen LogP contribution is 2.27. The van der Waals surface area contributed by atoms with Crippen LogP contribution in [0.25, 0.3) is 11.9 Å². The van der Waals surface area contributed by atoms with Gasteiger partial charge >= 0.3 is 0 Å². The highest BCUT2D eigenvalue weighted by molar-refractivity contribution is 8.13. The molecule has 0 amide bonds. The van der Waals surface area contributed by atoms with Crippen LogP contribution < -0.4 is 15.8 Å². The number of nitrogens with one attached hydrogen (secondary N) is 1. The van der Waals surface area contributed by atoms with E-state index in [9.17, 15) is 8.78 Å². The second-order valence-corrected chi connectivity index (χ2v) is 7.48. The van der Waals surface area contributed by atoms with Crippen molar-refractivity contribution in [3.63, 3.8) is 0 Å². The van der Waals surface area contributed by atoms with Crippen molar-refractivity contribution in [2.45, 2.75) is 5.92 Å². The van der Waals surface area contributed by atoms with Gasteiger partial charge in [-0.05, 0) is 29.3 Å². The van der Waals surface area contributed by atoms with E-state index in [0.717, 1.165) is 0 Å². The van der Waals surface area contributed by atoms with Crippen LogP contribution in [0.4, 0.5) is 8.78 Å². The molecular formula is C21H21F2N5OS. The minimum absolute atomic E-state index is 0.0394. The van der Waals surface area contributed by atoms with E-state index in [2.05, 4.69) is 26.2 Å². The van der Waals surface area contributed by atoms with E-state index in [-0.39, 0.29) is 29.9 Å². The van der Waals surface area contributed by atoms with Crippen molar-refractivity contribution < 1.29 is 13.5 Å². The lowest BCUT2D eigenvalue weighted by Crippen LogP contribution is -2.25. The number of aromatic nitrogens is 2. The molecule has 1 aliphatic heterocycles. The Morgan fingerprint density at radius 1 is 1.40 bits per heavy atom. The van der Waals surface area contributed by atoms with Crippen molar-refractivity contribution in [3.8, 4) is 18.2 Å². The molecule has 156 valence electrons. The molecule has 6 nitrogen and oxygen atoms in total. The lowest BCUT2D eigenvalue weighted by molar-refractivity contribution is 0.353. The van der Waals surface area contributed by atoms with Gasteiger partial charge in [0.05, 0.1) is 18.9 Å². The number of thioether (sulfide) groups is 1. The van der Waals surface area contributed by atoms with Crippen molar-refractivity contribution in [3.05, 3.63) is 53.2 Å². The van der Waals surface area contributed by atoms with E-state index in [1.54, 1.807) is 6.07 Å². The number of hydrogen-bond donors (Lipinski definition) is 2. The van der Waals surface area contributed by atoms with Gasteiger partial charge in [-0.3, -0.25) is 4.99 Å². The Morgan fingerprint density at radius 2 is 2.27 bits per heavy atom. The van der Waals surface area contributed by atoms with E-state index in [0.29, 0.717) is 41.7 Å². The summed E-state index contributed by atoms with van der Waals surface area (Å²) in [6.07, 6.45) is 8.95. The summed E-state index contributed by atoms with van der Waals surface area (Å²) in [5, 5.41) is 3.74. The monoisotopic (exact) mass is 429 g/mol. The molecule has 3 rings (SSSR count). The second-order valence-electron chi connectivity index (χ2n) is 6.44. The van der Waals surface area contributed by atoms with Crippen LogP contribution in [0, 0.1) is 18.2 Å². The third-order valence-electron chi connectivity index (χ3n) is 4.31. The molecule has 1 aliphatic rings. The summed E-state index contributed by atoms with van der Waals surface area (Å²) in [7, 11) is 0. The zero-order valence-corrected chi connectivity index (χ0v) is 17.0. The van der Waals surface area contributed by atoms with Gasteiger partial charge in [0.2, 0.25) is 5.88 Å². The van der Waals surface area contributed by atoms with Crippen molar-refractivity contribution in [1.82, 2.24) is 15.3 Å². The fourth-order valence-corrected chi connectivity index (χ4v) is 3.68. The van der Waals surface area contributed by atoms with Crippen LogP contribution >= 0.6 is 11.8 Å². The van der Waals surface area contributed by atoms with Gasteiger partial charge in [0.25, 0.3) is 0 Å². The summed E-state index contributed by atoms with van der Waals surface area (Å²) in [6, 6.07) is 4.50. The highest BCUT2D eigenvalue weighted by Gasteiger charge is 2.18. The zero-order valence-electron chi connectivity index (χ0n) is 16.1. The minimum atomic E-state index is -0.595. The number of amidine groups is 1. The number of rotatable bonds is 5.